The van der Waals surface area contributed by atoms with E-state index in [0.717, 1.165) is 25.9 Å². The SMILES string of the molecule is CCCNCCCOc1ccc([N+](=O)[O-])cc1OC. The third-order valence-corrected chi connectivity index (χ3v) is 2.54. The van der Waals surface area contributed by atoms with Gasteiger partial charge in [-0.2, -0.15) is 0 Å². The van der Waals surface area contributed by atoms with E-state index in [1.54, 1.807) is 6.07 Å². The van der Waals surface area contributed by atoms with E-state index < -0.39 is 4.92 Å². The monoisotopic (exact) mass is 268 g/mol. The molecule has 1 rings (SSSR count). The zero-order valence-electron chi connectivity index (χ0n) is 11.3. The summed E-state index contributed by atoms with van der Waals surface area (Å²) in [5, 5.41) is 13.9. The van der Waals surface area contributed by atoms with Crippen LogP contribution in [-0.2, 0) is 0 Å². The molecule has 106 valence electrons. The second-order valence-corrected chi connectivity index (χ2v) is 4.04. The normalized spacial score (nSPS) is 10.2. The average Bonchev–Trinajstić information content (AvgIpc) is 2.42. The molecule has 0 fully saturated rings. The Bertz CT molecular complexity index is 410. The number of nitrogens with zero attached hydrogens (tertiary/aromatic N) is 1. The van der Waals surface area contributed by atoms with Gasteiger partial charge >= 0.3 is 0 Å². The van der Waals surface area contributed by atoms with Gasteiger partial charge < -0.3 is 14.8 Å². The third-order valence-electron chi connectivity index (χ3n) is 2.54. The lowest BCUT2D eigenvalue weighted by Crippen LogP contribution is -2.18. The number of non-ortho nitro benzene ring substituents is 1. The number of methoxy groups -OCH3 is 1. The highest BCUT2D eigenvalue weighted by Crippen LogP contribution is 2.31. The average molecular weight is 268 g/mol. The van der Waals surface area contributed by atoms with Crippen LogP contribution >= 0.6 is 0 Å². The lowest BCUT2D eigenvalue weighted by atomic mass is 10.3. The van der Waals surface area contributed by atoms with Gasteiger partial charge in [-0.25, -0.2) is 0 Å². The second-order valence-electron chi connectivity index (χ2n) is 4.04. The van der Waals surface area contributed by atoms with Crippen molar-refractivity contribution in [3.05, 3.63) is 28.3 Å². The van der Waals surface area contributed by atoms with Crippen molar-refractivity contribution in [1.29, 1.82) is 0 Å². The molecule has 0 aliphatic carbocycles. The van der Waals surface area contributed by atoms with Gasteiger partial charge in [0, 0.05) is 6.07 Å². The van der Waals surface area contributed by atoms with E-state index in [4.69, 9.17) is 9.47 Å². The first-order chi connectivity index (χ1) is 9.19. The molecule has 0 heterocycles. The third kappa shape index (κ3) is 5.13. The standard InChI is InChI=1S/C13H20N2O4/c1-3-7-14-8-4-9-19-12-6-5-11(15(16)17)10-13(12)18-2/h5-6,10,14H,3-4,7-9H2,1-2H3. The maximum Gasteiger partial charge on any atom is 0.273 e. The highest BCUT2D eigenvalue weighted by molar-refractivity contribution is 5.48. The van der Waals surface area contributed by atoms with Crippen molar-refractivity contribution in [2.75, 3.05) is 26.8 Å². The molecule has 0 spiro atoms. The summed E-state index contributed by atoms with van der Waals surface area (Å²) in [4.78, 5) is 10.2. The summed E-state index contributed by atoms with van der Waals surface area (Å²) in [6.45, 7) is 4.56. The molecule has 0 atom stereocenters. The van der Waals surface area contributed by atoms with Gasteiger partial charge in [0.1, 0.15) is 0 Å². The van der Waals surface area contributed by atoms with Gasteiger partial charge in [-0.1, -0.05) is 6.92 Å². The molecular formula is C13H20N2O4. The Hall–Kier alpha value is -1.82. The van der Waals surface area contributed by atoms with Crippen molar-refractivity contribution in [3.8, 4) is 11.5 Å². The van der Waals surface area contributed by atoms with Crippen LogP contribution in [0.4, 0.5) is 5.69 Å². The predicted octanol–water partition coefficient (Wildman–Crippen LogP) is 2.37. The first-order valence-corrected chi connectivity index (χ1v) is 6.35. The number of hydrogen-bond donors (Lipinski definition) is 1. The number of ether oxygens (including phenoxy) is 2. The quantitative estimate of drug-likeness (QED) is 0.423. The highest BCUT2D eigenvalue weighted by Gasteiger charge is 2.11. The summed E-state index contributed by atoms with van der Waals surface area (Å²) >= 11 is 0. The second kappa shape index (κ2) is 8.31. The minimum absolute atomic E-state index is 0.00573. The Kier molecular flexibility index (Phi) is 6.67. The number of nitro groups is 1. The van der Waals surface area contributed by atoms with E-state index in [-0.39, 0.29) is 5.69 Å². The van der Waals surface area contributed by atoms with Crippen LogP contribution in [0, 0.1) is 10.1 Å². The van der Waals surface area contributed by atoms with Crippen LogP contribution in [0.25, 0.3) is 0 Å². The molecule has 1 aromatic carbocycles. The van der Waals surface area contributed by atoms with Gasteiger partial charge in [-0.05, 0) is 32.0 Å². The Morgan fingerprint density at radius 3 is 2.74 bits per heavy atom. The molecule has 6 heteroatoms. The molecule has 0 aliphatic heterocycles. The summed E-state index contributed by atoms with van der Waals surface area (Å²) in [5.41, 5.74) is -0.00573. The number of nitro benzene ring substituents is 1. The fourth-order valence-corrected chi connectivity index (χ4v) is 1.57. The smallest absolute Gasteiger partial charge is 0.273 e. The molecule has 0 aromatic heterocycles. The van der Waals surface area contributed by atoms with Gasteiger partial charge in [-0.15, -0.1) is 0 Å². The zero-order chi connectivity index (χ0) is 14.1. The van der Waals surface area contributed by atoms with E-state index in [1.165, 1.54) is 19.2 Å². The van der Waals surface area contributed by atoms with Crippen LogP contribution in [0.15, 0.2) is 18.2 Å². The van der Waals surface area contributed by atoms with E-state index in [2.05, 4.69) is 12.2 Å². The van der Waals surface area contributed by atoms with E-state index in [1.807, 2.05) is 0 Å². The first kappa shape index (κ1) is 15.2. The topological polar surface area (TPSA) is 73.6 Å². The number of nitrogens with one attached hydrogen (secondary N) is 1. The van der Waals surface area contributed by atoms with Crippen molar-refractivity contribution < 1.29 is 14.4 Å². The van der Waals surface area contributed by atoms with Crippen LogP contribution in [-0.4, -0.2) is 31.7 Å². The molecular weight excluding hydrogens is 248 g/mol. The van der Waals surface area contributed by atoms with Gasteiger partial charge in [-0.3, -0.25) is 10.1 Å². The Balaban J connectivity index is 2.47. The van der Waals surface area contributed by atoms with Gasteiger partial charge in [0.15, 0.2) is 11.5 Å². The predicted molar refractivity (Wildman–Crippen MR) is 72.9 cm³/mol. The lowest BCUT2D eigenvalue weighted by molar-refractivity contribution is -0.384. The van der Waals surface area contributed by atoms with E-state index in [0.29, 0.717) is 18.1 Å². The number of hydrogen-bond acceptors (Lipinski definition) is 5. The van der Waals surface area contributed by atoms with Crippen LogP contribution in [0.2, 0.25) is 0 Å². The van der Waals surface area contributed by atoms with Crippen LogP contribution in [0.1, 0.15) is 19.8 Å². The molecule has 0 radical (unpaired) electrons. The largest absolute Gasteiger partial charge is 0.493 e. The highest BCUT2D eigenvalue weighted by atomic mass is 16.6. The van der Waals surface area contributed by atoms with Gasteiger partial charge in [0.25, 0.3) is 5.69 Å². The minimum Gasteiger partial charge on any atom is -0.493 e. The summed E-state index contributed by atoms with van der Waals surface area (Å²) in [6, 6.07) is 4.34. The molecule has 0 saturated carbocycles. The molecule has 0 bridgehead atoms. The summed E-state index contributed by atoms with van der Waals surface area (Å²) in [7, 11) is 1.47. The Morgan fingerprint density at radius 1 is 1.32 bits per heavy atom. The number of benzene rings is 1. The van der Waals surface area contributed by atoms with E-state index >= 15 is 0 Å². The van der Waals surface area contributed by atoms with Crippen molar-refractivity contribution >= 4 is 5.69 Å². The Morgan fingerprint density at radius 2 is 2.11 bits per heavy atom. The lowest BCUT2D eigenvalue weighted by Gasteiger charge is -2.10. The summed E-state index contributed by atoms with van der Waals surface area (Å²) in [5.74, 6) is 0.916. The maximum atomic E-state index is 10.6. The fraction of sp³-hybridized carbons (Fsp3) is 0.538. The van der Waals surface area contributed by atoms with Crippen LogP contribution in [0.5, 0.6) is 11.5 Å². The molecule has 6 nitrogen and oxygen atoms in total. The Labute approximate surface area is 112 Å². The first-order valence-electron chi connectivity index (χ1n) is 6.35. The zero-order valence-corrected chi connectivity index (χ0v) is 11.3. The minimum atomic E-state index is -0.457. The van der Waals surface area contributed by atoms with Crippen molar-refractivity contribution in [1.82, 2.24) is 5.32 Å². The molecule has 0 unspecified atom stereocenters. The molecule has 0 saturated heterocycles. The summed E-state index contributed by atoms with van der Waals surface area (Å²) in [6.07, 6.45) is 1.98. The van der Waals surface area contributed by atoms with E-state index in [9.17, 15) is 10.1 Å². The summed E-state index contributed by atoms with van der Waals surface area (Å²) < 4.78 is 10.6. The van der Waals surface area contributed by atoms with Gasteiger partial charge in [0.2, 0.25) is 0 Å². The van der Waals surface area contributed by atoms with Crippen LogP contribution < -0.4 is 14.8 Å². The van der Waals surface area contributed by atoms with Crippen molar-refractivity contribution in [2.24, 2.45) is 0 Å². The molecule has 1 aromatic rings. The van der Waals surface area contributed by atoms with Crippen LogP contribution in [0.3, 0.4) is 0 Å². The maximum absolute atomic E-state index is 10.6. The number of rotatable bonds is 9. The van der Waals surface area contributed by atoms with Crippen molar-refractivity contribution in [2.45, 2.75) is 19.8 Å². The molecule has 19 heavy (non-hydrogen) atoms. The molecule has 0 aliphatic rings. The molecule has 0 amide bonds. The van der Waals surface area contributed by atoms with Gasteiger partial charge in [0.05, 0.1) is 24.7 Å². The fourth-order valence-electron chi connectivity index (χ4n) is 1.57. The van der Waals surface area contributed by atoms with Crippen molar-refractivity contribution in [3.63, 3.8) is 0 Å². The molecule has 1 N–H and O–H groups in total.